The molecule has 0 spiro atoms. The fraction of sp³-hybridized carbons (Fsp3) is 0.533. The first kappa shape index (κ1) is 16.2. The molecule has 1 saturated carbocycles. The van der Waals surface area contributed by atoms with Crippen LogP contribution in [-0.2, 0) is 4.79 Å². The van der Waals surface area contributed by atoms with Crippen molar-refractivity contribution in [2.45, 2.75) is 31.7 Å². The quantitative estimate of drug-likeness (QED) is 0.560. The zero-order valence-electron chi connectivity index (χ0n) is 12.6. The van der Waals surface area contributed by atoms with Crippen molar-refractivity contribution in [3.05, 3.63) is 34.4 Å². The minimum atomic E-state index is -0.506. The summed E-state index contributed by atoms with van der Waals surface area (Å²) in [5.74, 6) is 0.458. The number of ether oxygens (including phenoxy) is 1. The Morgan fingerprint density at radius 1 is 1.50 bits per heavy atom. The molecule has 0 heterocycles. The van der Waals surface area contributed by atoms with E-state index in [0.717, 1.165) is 12.8 Å². The number of rotatable bonds is 8. The Bertz CT molecular complexity index is 559. The second kappa shape index (κ2) is 6.74. The van der Waals surface area contributed by atoms with Crippen LogP contribution in [0, 0.1) is 16.0 Å². The average molecular weight is 307 g/mol. The molecule has 0 bridgehead atoms. The highest BCUT2D eigenvalue weighted by atomic mass is 16.6. The van der Waals surface area contributed by atoms with E-state index in [4.69, 9.17) is 10.5 Å². The molecule has 1 atom stereocenters. The molecule has 1 aromatic rings. The Kier molecular flexibility index (Phi) is 4.97. The molecule has 3 N–H and O–H groups in total. The lowest BCUT2D eigenvalue weighted by Crippen LogP contribution is -2.53. The van der Waals surface area contributed by atoms with E-state index in [1.165, 1.54) is 12.1 Å². The van der Waals surface area contributed by atoms with Crippen LogP contribution in [0.15, 0.2) is 24.3 Å². The minimum absolute atomic E-state index is 0.0853. The van der Waals surface area contributed by atoms with Crippen molar-refractivity contribution >= 4 is 11.6 Å². The lowest BCUT2D eigenvalue weighted by Gasteiger charge is -2.29. The number of hydrogen-bond acceptors (Lipinski definition) is 5. The third kappa shape index (κ3) is 3.94. The Balaban J connectivity index is 1.83. The van der Waals surface area contributed by atoms with Crippen molar-refractivity contribution in [1.29, 1.82) is 0 Å². The van der Waals surface area contributed by atoms with Gasteiger partial charge in [0.05, 0.1) is 23.5 Å². The largest absolute Gasteiger partial charge is 0.486 e. The predicted octanol–water partition coefficient (Wildman–Crippen LogP) is 1.61. The van der Waals surface area contributed by atoms with Crippen molar-refractivity contribution in [3.8, 4) is 5.75 Å². The topological polar surface area (TPSA) is 107 Å². The van der Waals surface area contributed by atoms with Gasteiger partial charge in [0.15, 0.2) is 5.75 Å². The number of hydrogen-bond donors (Lipinski definition) is 2. The van der Waals surface area contributed by atoms with Gasteiger partial charge in [0.2, 0.25) is 5.91 Å². The maximum Gasteiger partial charge on any atom is 0.310 e. The molecule has 1 unspecified atom stereocenters. The number of nitro benzene ring substituents is 1. The molecule has 1 aliphatic rings. The van der Waals surface area contributed by atoms with Gasteiger partial charge in [-0.25, -0.2) is 0 Å². The summed E-state index contributed by atoms with van der Waals surface area (Å²) in [6, 6.07) is 6.11. The van der Waals surface area contributed by atoms with Crippen LogP contribution in [0.4, 0.5) is 5.69 Å². The monoisotopic (exact) mass is 307 g/mol. The van der Waals surface area contributed by atoms with E-state index in [0.29, 0.717) is 12.5 Å². The summed E-state index contributed by atoms with van der Waals surface area (Å²) >= 11 is 0. The molecule has 2 rings (SSSR count). The summed E-state index contributed by atoms with van der Waals surface area (Å²) in [6.45, 7) is 2.43. The third-order valence-corrected chi connectivity index (χ3v) is 3.98. The Morgan fingerprint density at radius 2 is 2.18 bits per heavy atom. The zero-order chi connectivity index (χ0) is 16.2. The van der Waals surface area contributed by atoms with Crippen molar-refractivity contribution in [2.75, 3.05) is 13.2 Å². The second-order valence-corrected chi connectivity index (χ2v) is 5.77. The van der Waals surface area contributed by atoms with Crippen LogP contribution in [0.5, 0.6) is 5.75 Å². The molecule has 0 radical (unpaired) electrons. The van der Waals surface area contributed by atoms with Crippen molar-refractivity contribution in [2.24, 2.45) is 11.7 Å². The van der Waals surface area contributed by atoms with E-state index in [1.807, 2.05) is 6.92 Å². The van der Waals surface area contributed by atoms with Gasteiger partial charge < -0.3 is 15.8 Å². The number of amides is 1. The number of nitrogens with one attached hydrogen (secondary N) is 1. The molecule has 0 saturated heterocycles. The second-order valence-electron chi connectivity index (χ2n) is 5.77. The average Bonchev–Trinajstić information content (AvgIpc) is 3.32. The summed E-state index contributed by atoms with van der Waals surface area (Å²) in [5, 5.41) is 13.8. The minimum Gasteiger partial charge on any atom is -0.486 e. The number of nitro groups is 1. The standard InChI is InChI=1S/C15H21N3O4/c1-15(10-16,11-6-7-11)17-14(19)8-9-22-13-5-3-2-4-12(13)18(20)21/h2-5,11H,6-10,16H2,1H3,(H,17,19). The van der Waals surface area contributed by atoms with E-state index < -0.39 is 4.92 Å². The number of carbonyl (C=O) groups is 1. The van der Waals surface area contributed by atoms with Gasteiger partial charge in [-0.15, -0.1) is 0 Å². The first-order valence-electron chi connectivity index (χ1n) is 7.33. The molecule has 22 heavy (non-hydrogen) atoms. The molecule has 7 heteroatoms. The smallest absolute Gasteiger partial charge is 0.310 e. The van der Waals surface area contributed by atoms with E-state index >= 15 is 0 Å². The number of carbonyl (C=O) groups excluding carboxylic acids is 1. The highest BCUT2D eigenvalue weighted by Gasteiger charge is 2.41. The zero-order valence-corrected chi connectivity index (χ0v) is 12.6. The van der Waals surface area contributed by atoms with Gasteiger partial charge in [0.25, 0.3) is 0 Å². The summed E-state index contributed by atoms with van der Waals surface area (Å²) in [7, 11) is 0. The van der Waals surface area contributed by atoms with Gasteiger partial charge in [0, 0.05) is 12.6 Å². The summed E-state index contributed by atoms with van der Waals surface area (Å²) < 4.78 is 5.36. The highest BCUT2D eigenvalue weighted by Crippen LogP contribution is 2.39. The Hall–Kier alpha value is -2.15. The van der Waals surface area contributed by atoms with Crippen LogP contribution in [0.25, 0.3) is 0 Å². The van der Waals surface area contributed by atoms with Crippen LogP contribution >= 0.6 is 0 Å². The van der Waals surface area contributed by atoms with E-state index in [1.54, 1.807) is 12.1 Å². The van der Waals surface area contributed by atoms with Gasteiger partial charge in [-0.3, -0.25) is 14.9 Å². The SMILES string of the molecule is CC(CN)(NC(=O)CCOc1ccccc1[N+](=O)[O-])C1CC1. The normalized spacial score (nSPS) is 16.6. The molecular formula is C15H21N3O4. The number of para-hydroxylation sites is 2. The van der Waals surface area contributed by atoms with Gasteiger partial charge in [-0.05, 0) is 31.7 Å². The first-order valence-corrected chi connectivity index (χ1v) is 7.33. The molecule has 0 aromatic heterocycles. The summed E-state index contributed by atoms with van der Waals surface area (Å²) in [5.41, 5.74) is 5.28. The first-order chi connectivity index (χ1) is 10.5. The fourth-order valence-electron chi connectivity index (χ4n) is 2.40. The number of nitrogens with zero attached hydrogens (tertiary/aromatic N) is 1. The molecule has 1 amide bonds. The predicted molar refractivity (Wildman–Crippen MR) is 81.5 cm³/mol. The van der Waals surface area contributed by atoms with Crippen LogP contribution in [0.3, 0.4) is 0 Å². The van der Waals surface area contributed by atoms with Crippen LogP contribution < -0.4 is 15.8 Å². The van der Waals surface area contributed by atoms with E-state index in [2.05, 4.69) is 5.32 Å². The van der Waals surface area contributed by atoms with Gasteiger partial charge in [-0.2, -0.15) is 0 Å². The summed E-state index contributed by atoms with van der Waals surface area (Å²) in [6.07, 6.45) is 2.30. The lowest BCUT2D eigenvalue weighted by atomic mass is 9.96. The number of nitrogens with two attached hydrogens (primary N) is 1. The molecule has 1 aromatic carbocycles. The van der Waals surface area contributed by atoms with Crippen LogP contribution in [0.2, 0.25) is 0 Å². The molecule has 1 aliphatic carbocycles. The van der Waals surface area contributed by atoms with Crippen molar-refractivity contribution < 1.29 is 14.5 Å². The molecular weight excluding hydrogens is 286 g/mol. The van der Waals surface area contributed by atoms with Crippen molar-refractivity contribution in [1.82, 2.24) is 5.32 Å². The van der Waals surface area contributed by atoms with E-state index in [9.17, 15) is 14.9 Å². The molecule has 0 aliphatic heterocycles. The van der Waals surface area contributed by atoms with E-state index in [-0.39, 0.29) is 35.9 Å². The molecule has 7 nitrogen and oxygen atoms in total. The Morgan fingerprint density at radius 3 is 2.77 bits per heavy atom. The van der Waals surface area contributed by atoms with Gasteiger partial charge in [-0.1, -0.05) is 12.1 Å². The molecule has 1 fully saturated rings. The van der Waals surface area contributed by atoms with Gasteiger partial charge >= 0.3 is 5.69 Å². The van der Waals surface area contributed by atoms with Crippen molar-refractivity contribution in [3.63, 3.8) is 0 Å². The molecule has 120 valence electrons. The lowest BCUT2D eigenvalue weighted by molar-refractivity contribution is -0.385. The highest BCUT2D eigenvalue weighted by molar-refractivity contribution is 5.77. The number of benzene rings is 1. The fourth-order valence-corrected chi connectivity index (χ4v) is 2.40. The summed E-state index contributed by atoms with van der Waals surface area (Å²) in [4.78, 5) is 22.3. The third-order valence-electron chi connectivity index (χ3n) is 3.98. The Labute approximate surface area is 129 Å². The van der Waals surface area contributed by atoms with Gasteiger partial charge in [0.1, 0.15) is 0 Å². The maximum absolute atomic E-state index is 12.0. The van der Waals surface area contributed by atoms with Crippen LogP contribution in [-0.4, -0.2) is 29.5 Å². The van der Waals surface area contributed by atoms with Crippen LogP contribution in [0.1, 0.15) is 26.2 Å². The maximum atomic E-state index is 12.0.